The lowest BCUT2D eigenvalue weighted by atomic mass is 10.2. The van der Waals surface area contributed by atoms with Crippen molar-refractivity contribution in [1.29, 1.82) is 0 Å². The Bertz CT molecular complexity index is 551. The summed E-state index contributed by atoms with van der Waals surface area (Å²) in [5.74, 6) is 0.902. The zero-order chi connectivity index (χ0) is 17.5. The lowest BCUT2D eigenvalue weighted by Crippen LogP contribution is -2.47. The van der Waals surface area contributed by atoms with E-state index in [0.717, 1.165) is 37.5 Å². The van der Waals surface area contributed by atoms with Gasteiger partial charge in [0, 0.05) is 52.6 Å². The summed E-state index contributed by atoms with van der Waals surface area (Å²) in [6, 6.07) is 7.64. The Labute approximate surface area is 144 Å². The normalized spacial score (nSPS) is 15.2. The number of hydrogen-bond acceptors (Lipinski definition) is 4. The van der Waals surface area contributed by atoms with Gasteiger partial charge in [0.1, 0.15) is 5.75 Å². The van der Waals surface area contributed by atoms with Crippen LogP contribution in [0.4, 0.5) is 0 Å². The quantitative estimate of drug-likeness (QED) is 0.785. The predicted octanol–water partition coefficient (Wildman–Crippen LogP) is 1.21. The lowest BCUT2D eigenvalue weighted by molar-refractivity contribution is -0.134. The van der Waals surface area contributed by atoms with Gasteiger partial charge in [-0.1, -0.05) is 12.1 Å². The van der Waals surface area contributed by atoms with Crippen molar-refractivity contribution < 1.29 is 14.3 Å². The summed E-state index contributed by atoms with van der Waals surface area (Å²) in [6.45, 7) is 5.87. The molecule has 6 nitrogen and oxygen atoms in total. The van der Waals surface area contributed by atoms with Crippen molar-refractivity contribution >= 4 is 11.8 Å². The van der Waals surface area contributed by atoms with Gasteiger partial charge in [-0.05, 0) is 24.7 Å². The van der Waals surface area contributed by atoms with Crippen LogP contribution in [0.5, 0.6) is 5.75 Å². The minimum Gasteiger partial charge on any atom is -0.497 e. The molecule has 0 spiro atoms. The summed E-state index contributed by atoms with van der Waals surface area (Å²) in [4.78, 5) is 30.0. The van der Waals surface area contributed by atoms with Crippen LogP contribution in [-0.2, 0) is 16.1 Å². The molecule has 2 rings (SSSR count). The topological polar surface area (TPSA) is 53.1 Å². The van der Waals surface area contributed by atoms with Crippen molar-refractivity contribution in [2.45, 2.75) is 19.9 Å². The van der Waals surface area contributed by atoms with Crippen LogP contribution in [0.15, 0.2) is 24.3 Å². The van der Waals surface area contributed by atoms with E-state index in [9.17, 15) is 9.59 Å². The van der Waals surface area contributed by atoms with E-state index in [1.54, 1.807) is 18.9 Å². The molecule has 0 unspecified atom stereocenters. The molecule has 1 fully saturated rings. The fourth-order valence-electron chi connectivity index (χ4n) is 2.74. The number of rotatable bonds is 6. The number of benzene rings is 1. The summed E-state index contributed by atoms with van der Waals surface area (Å²) in [7, 11) is 3.69. The maximum absolute atomic E-state index is 12.3. The minimum atomic E-state index is -0.0167. The standard InChI is InChI=1S/C18H27N3O3/c1-15(22)21(14-16-4-6-17(24-3)7-5-16)9-8-18(23)20-12-10-19(2)11-13-20/h4-7H,8-14H2,1-3H3. The van der Waals surface area contributed by atoms with Crippen molar-refractivity contribution in [3.05, 3.63) is 29.8 Å². The molecule has 1 aromatic rings. The number of carbonyl (C=O) groups excluding carboxylic acids is 2. The zero-order valence-corrected chi connectivity index (χ0v) is 14.8. The smallest absolute Gasteiger partial charge is 0.224 e. The maximum atomic E-state index is 12.3. The van der Waals surface area contributed by atoms with Crippen LogP contribution in [0, 0.1) is 0 Å². The van der Waals surface area contributed by atoms with Gasteiger partial charge < -0.3 is 19.4 Å². The molecule has 0 radical (unpaired) electrons. The van der Waals surface area contributed by atoms with Gasteiger partial charge in [-0.2, -0.15) is 0 Å². The molecule has 1 aliphatic rings. The Kier molecular flexibility index (Phi) is 6.61. The largest absolute Gasteiger partial charge is 0.497 e. The fourth-order valence-corrected chi connectivity index (χ4v) is 2.74. The first-order chi connectivity index (χ1) is 11.5. The average molecular weight is 333 g/mol. The van der Waals surface area contributed by atoms with E-state index in [-0.39, 0.29) is 11.8 Å². The molecule has 0 aromatic heterocycles. The van der Waals surface area contributed by atoms with Crippen molar-refractivity contribution in [1.82, 2.24) is 14.7 Å². The van der Waals surface area contributed by atoms with Crippen LogP contribution in [0.25, 0.3) is 0 Å². The van der Waals surface area contributed by atoms with E-state index < -0.39 is 0 Å². The summed E-state index contributed by atoms with van der Waals surface area (Å²) in [5.41, 5.74) is 1.03. The minimum absolute atomic E-state index is 0.0167. The number of methoxy groups -OCH3 is 1. The molecule has 1 heterocycles. The van der Waals surface area contributed by atoms with Gasteiger partial charge in [0.05, 0.1) is 7.11 Å². The Morgan fingerprint density at radius 3 is 2.29 bits per heavy atom. The highest BCUT2D eigenvalue weighted by molar-refractivity contribution is 5.78. The molecule has 0 bridgehead atoms. The zero-order valence-electron chi connectivity index (χ0n) is 14.8. The van der Waals surface area contributed by atoms with Gasteiger partial charge in [-0.25, -0.2) is 0 Å². The monoisotopic (exact) mass is 333 g/mol. The van der Waals surface area contributed by atoms with E-state index in [2.05, 4.69) is 11.9 Å². The highest BCUT2D eigenvalue weighted by Crippen LogP contribution is 2.13. The first-order valence-corrected chi connectivity index (χ1v) is 8.34. The van der Waals surface area contributed by atoms with Crippen LogP contribution in [0.3, 0.4) is 0 Å². The van der Waals surface area contributed by atoms with Crippen LogP contribution in [0.1, 0.15) is 18.9 Å². The third kappa shape index (κ3) is 5.23. The van der Waals surface area contributed by atoms with Gasteiger partial charge in [0.2, 0.25) is 11.8 Å². The highest BCUT2D eigenvalue weighted by atomic mass is 16.5. The fraction of sp³-hybridized carbons (Fsp3) is 0.556. The molecule has 0 saturated carbocycles. The Hall–Kier alpha value is -2.08. The van der Waals surface area contributed by atoms with Crippen LogP contribution >= 0.6 is 0 Å². The molecule has 1 aliphatic heterocycles. The van der Waals surface area contributed by atoms with Crippen LogP contribution in [0.2, 0.25) is 0 Å². The molecule has 24 heavy (non-hydrogen) atoms. The Morgan fingerprint density at radius 1 is 1.12 bits per heavy atom. The first kappa shape index (κ1) is 18.3. The van der Waals surface area contributed by atoms with Crippen molar-refractivity contribution in [3.63, 3.8) is 0 Å². The van der Waals surface area contributed by atoms with E-state index >= 15 is 0 Å². The molecule has 0 N–H and O–H groups in total. The second kappa shape index (κ2) is 8.68. The number of hydrogen-bond donors (Lipinski definition) is 0. The van der Waals surface area contributed by atoms with Gasteiger partial charge in [-0.3, -0.25) is 9.59 Å². The highest BCUT2D eigenvalue weighted by Gasteiger charge is 2.20. The van der Waals surface area contributed by atoms with Crippen molar-refractivity contribution in [3.8, 4) is 5.75 Å². The number of nitrogens with zero attached hydrogens (tertiary/aromatic N) is 3. The summed E-state index contributed by atoms with van der Waals surface area (Å²) in [5, 5.41) is 0. The predicted molar refractivity (Wildman–Crippen MR) is 92.8 cm³/mol. The van der Waals surface area contributed by atoms with E-state index in [4.69, 9.17) is 4.74 Å². The molecular formula is C18H27N3O3. The lowest BCUT2D eigenvalue weighted by Gasteiger charge is -2.33. The number of ether oxygens (including phenoxy) is 1. The molecule has 1 saturated heterocycles. The Balaban J connectivity index is 1.86. The van der Waals surface area contributed by atoms with E-state index in [1.165, 1.54) is 0 Å². The number of amides is 2. The van der Waals surface area contributed by atoms with Crippen molar-refractivity contribution in [2.24, 2.45) is 0 Å². The van der Waals surface area contributed by atoms with Crippen LogP contribution in [-0.4, -0.2) is 73.4 Å². The number of likely N-dealkylation sites (N-methyl/N-ethyl adjacent to an activating group) is 1. The van der Waals surface area contributed by atoms with E-state index in [0.29, 0.717) is 19.5 Å². The molecule has 0 aliphatic carbocycles. The van der Waals surface area contributed by atoms with Gasteiger partial charge in [-0.15, -0.1) is 0 Å². The second-order valence-electron chi connectivity index (χ2n) is 6.22. The third-order valence-corrected chi connectivity index (χ3v) is 4.43. The van der Waals surface area contributed by atoms with Gasteiger partial charge >= 0.3 is 0 Å². The Morgan fingerprint density at radius 2 is 1.75 bits per heavy atom. The molecule has 1 aromatic carbocycles. The molecule has 132 valence electrons. The van der Waals surface area contributed by atoms with E-state index in [1.807, 2.05) is 29.2 Å². The molecular weight excluding hydrogens is 306 g/mol. The van der Waals surface area contributed by atoms with Crippen LogP contribution < -0.4 is 4.74 Å². The summed E-state index contributed by atoms with van der Waals surface area (Å²) < 4.78 is 5.14. The second-order valence-corrected chi connectivity index (χ2v) is 6.22. The molecule has 2 amide bonds. The van der Waals surface area contributed by atoms with Crippen molar-refractivity contribution in [2.75, 3.05) is 46.9 Å². The summed E-state index contributed by atoms with van der Waals surface area (Å²) >= 11 is 0. The summed E-state index contributed by atoms with van der Waals surface area (Å²) in [6.07, 6.45) is 0.374. The third-order valence-electron chi connectivity index (χ3n) is 4.43. The SMILES string of the molecule is COc1ccc(CN(CCC(=O)N2CCN(C)CC2)C(C)=O)cc1. The molecule has 6 heteroatoms. The number of carbonyl (C=O) groups is 2. The average Bonchev–Trinajstić information content (AvgIpc) is 2.59. The van der Waals surface area contributed by atoms with Gasteiger partial charge in [0.15, 0.2) is 0 Å². The number of piperazine rings is 1. The molecule has 0 atom stereocenters. The maximum Gasteiger partial charge on any atom is 0.224 e. The van der Waals surface area contributed by atoms with Gasteiger partial charge in [0.25, 0.3) is 0 Å². The first-order valence-electron chi connectivity index (χ1n) is 8.34.